The van der Waals surface area contributed by atoms with E-state index in [1.165, 1.54) is 6.20 Å². The van der Waals surface area contributed by atoms with Gasteiger partial charge >= 0.3 is 0 Å². The minimum absolute atomic E-state index is 0.226. The highest BCUT2D eigenvalue weighted by Crippen LogP contribution is 2.29. The number of nitrogens with zero attached hydrogens (tertiary/aromatic N) is 2. The van der Waals surface area contributed by atoms with Gasteiger partial charge in [0, 0.05) is 31.4 Å². The first-order chi connectivity index (χ1) is 10.6. The zero-order valence-electron chi connectivity index (χ0n) is 13.1. The lowest BCUT2D eigenvalue weighted by Crippen LogP contribution is -2.38. The Bertz CT molecular complexity index is 636. The number of rotatable bonds is 5. The third-order valence-corrected chi connectivity index (χ3v) is 3.98. The van der Waals surface area contributed by atoms with Gasteiger partial charge in [0.2, 0.25) is 5.88 Å². The van der Waals surface area contributed by atoms with E-state index in [4.69, 9.17) is 9.47 Å². The maximum atomic E-state index is 13.7. The Balaban J connectivity index is 1.72. The second-order valence-corrected chi connectivity index (χ2v) is 5.87. The van der Waals surface area contributed by atoms with Gasteiger partial charge in [-0.3, -0.25) is 4.90 Å². The number of fused-ring (bicyclic) bond motifs is 1. The minimum Gasteiger partial charge on any atom is -0.476 e. The van der Waals surface area contributed by atoms with E-state index < -0.39 is 0 Å². The van der Waals surface area contributed by atoms with Crippen molar-refractivity contribution < 1.29 is 13.9 Å². The second-order valence-electron chi connectivity index (χ2n) is 5.87. The summed E-state index contributed by atoms with van der Waals surface area (Å²) in [5.41, 5.74) is 1.47. The number of ether oxygens (including phenoxy) is 2. The minimum atomic E-state index is -0.274. The van der Waals surface area contributed by atoms with Gasteiger partial charge in [0.1, 0.15) is 18.1 Å². The molecule has 3 rings (SSSR count). The Morgan fingerprint density at radius 2 is 2.18 bits per heavy atom. The molecule has 0 amide bonds. The van der Waals surface area contributed by atoms with E-state index in [0.29, 0.717) is 23.5 Å². The normalized spacial score (nSPS) is 16.5. The van der Waals surface area contributed by atoms with E-state index in [1.807, 2.05) is 6.07 Å². The molecule has 1 aliphatic heterocycles. The molecule has 0 unspecified atom stereocenters. The lowest BCUT2D eigenvalue weighted by Gasteiger charge is -2.26. The lowest BCUT2D eigenvalue weighted by atomic mass is 10.0. The highest BCUT2D eigenvalue weighted by atomic mass is 19.1. The van der Waals surface area contributed by atoms with Gasteiger partial charge in [-0.15, -0.1) is 0 Å². The molecular weight excluding hydrogens is 285 g/mol. The number of hydrogen-bond donors (Lipinski definition) is 1. The highest BCUT2D eigenvalue weighted by molar-refractivity contribution is 5.78. The van der Waals surface area contributed by atoms with Gasteiger partial charge < -0.3 is 14.5 Å². The summed E-state index contributed by atoms with van der Waals surface area (Å²) in [6.45, 7) is 8.97. The van der Waals surface area contributed by atoms with Crippen molar-refractivity contribution in [3.8, 4) is 5.88 Å². The maximum Gasteiger partial charge on any atom is 0.218 e. The van der Waals surface area contributed by atoms with E-state index in [2.05, 4.69) is 28.7 Å². The zero-order chi connectivity index (χ0) is 15.5. The van der Waals surface area contributed by atoms with Crippen molar-refractivity contribution in [3.05, 3.63) is 23.6 Å². The average Bonchev–Trinajstić information content (AvgIpc) is 2.88. The molecule has 0 radical (unpaired) electrons. The number of aromatic amines is 1. The van der Waals surface area contributed by atoms with Gasteiger partial charge in [0.15, 0.2) is 0 Å². The van der Waals surface area contributed by atoms with Crippen LogP contribution in [0.25, 0.3) is 11.0 Å². The average molecular weight is 307 g/mol. The SMILES string of the molecule is CC(C)c1cc2c(F)c[nH]c2nc1OCCN1CCOCC1. The Morgan fingerprint density at radius 1 is 1.41 bits per heavy atom. The van der Waals surface area contributed by atoms with Gasteiger partial charge in [-0.2, -0.15) is 4.98 Å². The molecule has 120 valence electrons. The molecule has 1 aliphatic rings. The molecule has 0 spiro atoms. The van der Waals surface area contributed by atoms with E-state index in [0.717, 1.165) is 38.4 Å². The van der Waals surface area contributed by atoms with Gasteiger partial charge in [0.25, 0.3) is 0 Å². The molecule has 6 heteroatoms. The van der Waals surface area contributed by atoms with Crippen LogP contribution in [0.15, 0.2) is 12.3 Å². The third-order valence-electron chi connectivity index (χ3n) is 3.98. The number of halogens is 1. The van der Waals surface area contributed by atoms with E-state index in [-0.39, 0.29) is 11.7 Å². The summed E-state index contributed by atoms with van der Waals surface area (Å²) in [7, 11) is 0. The monoisotopic (exact) mass is 307 g/mol. The Hall–Kier alpha value is -1.66. The number of hydrogen-bond acceptors (Lipinski definition) is 4. The first-order valence-electron chi connectivity index (χ1n) is 7.75. The van der Waals surface area contributed by atoms with Crippen molar-refractivity contribution in [2.75, 3.05) is 39.5 Å². The molecule has 2 aromatic rings. The summed E-state index contributed by atoms with van der Waals surface area (Å²) in [6.07, 6.45) is 1.33. The molecule has 0 atom stereocenters. The summed E-state index contributed by atoms with van der Waals surface area (Å²) in [4.78, 5) is 9.59. The van der Waals surface area contributed by atoms with E-state index in [9.17, 15) is 4.39 Å². The van der Waals surface area contributed by atoms with Gasteiger partial charge in [-0.25, -0.2) is 4.39 Å². The second kappa shape index (κ2) is 6.62. The van der Waals surface area contributed by atoms with Crippen molar-refractivity contribution >= 4 is 11.0 Å². The van der Waals surface area contributed by atoms with Crippen LogP contribution in [-0.2, 0) is 4.74 Å². The van der Waals surface area contributed by atoms with Crippen LogP contribution < -0.4 is 4.74 Å². The molecule has 1 N–H and O–H groups in total. The van der Waals surface area contributed by atoms with Crippen molar-refractivity contribution in [1.82, 2.24) is 14.9 Å². The van der Waals surface area contributed by atoms with Crippen molar-refractivity contribution in [2.24, 2.45) is 0 Å². The van der Waals surface area contributed by atoms with Crippen molar-refractivity contribution in [3.63, 3.8) is 0 Å². The van der Waals surface area contributed by atoms with Crippen LogP contribution in [0, 0.1) is 5.82 Å². The summed E-state index contributed by atoms with van der Waals surface area (Å²) in [5, 5.41) is 0.518. The fourth-order valence-electron chi connectivity index (χ4n) is 2.64. The first kappa shape index (κ1) is 15.2. The molecular formula is C16H22FN3O2. The standard InChI is InChI=1S/C16H22FN3O2/c1-11(2)12-9-13-14(17)10-18-15(13)19-16(12)22-8-5-20-3-6-21-7-4-20/h9-11H,3-8H2,1-2H3,(H,18,19). The molecule has 0 saturated carbocycles. The van der Waals surface area contributed by atoms with Crippen LogP contribution in [0.3, 0.4) is 0 Å². The molecule has 1 fully saturated rings. The topological polar surface area (TPSA) is 50.4 Å². The number of morpholine rings is 1. The fraction of sp³-hybridized carbons (Fsp3) is 0.562. The molecule has 2 aromatic heterocycles. The molecule has 0 bridgehead atoms. The van der Waals surface area contributed by atoms with Crippen LogP contribution in [-0.4, -0.2) is 54.3 Å². The van der Waals surface area contributed by atoms with E-state index in [1.54, 1.807) is 0 Å². The van der Waals surface area contributed by atoms with Crippen molar-refractivity contribution in [1.29, 1.82) is 0 Å². The van der Waals surface area contributed by atoms with Crippen LogP contribution in [0.5, 0.6) is 5.88 Å². The quantitative estimate of drug-likeness (QED) is 0.922. The summed E-state index contributed by atoms with van der Waals surface area (Å²) < 4.78 is 24.9. The van der Waals surface area contributed by atoms with Crippen LogP contribution >= 0.6 is 0 Å². The van der Waals surface area contributed by atoms with Gasteiger partial charge in [-0.05, 0) is 12.0 Å². The first-order valence-corrected chi connectivity index (χ1v) is 7.75. The Labute approximate surface area is 129 Å². The zero-order valence-corrected chi connectivity index (χ0v) is 13.1. The number of H-pyrrole nitrogens is 1. The Morgan fingerprint density at radius 3 is 2.91 bits per heavy atom. The van der Waals surface area contributed by atoms with Gasteiger partial charge in [-0.1, -0.05) is 13.8 Å². The number of nitrogens with one attached hydrogen (secondary N) is 1. The largest absolute Gasteiger partial charge is 0.476 e. The highest BCUT2D eigenvalue weighted by Gasteiger charge is 2.16. The van der Waals surface area contributed by atoms with Crippen LogP contribution in [0.2, 0.25) is 0 Å². The number of aromatic nitrogens is 2. The molecule has 5 nitrogen and oxygen atoms in total. The van der Waals surface area contributed by atoms with Crippen molar-refractivity contribution in [2.45, 2.75) is 19.8 Å². The lowest BCUT2D eigenvalue weighted by molar-refractivity contribution is 0.0319. The van der Waals surface area contributed by atoms with Crippen LogP contribution in [0.1, 0.15) is 25.3 Å². The molecule has 0 aromatic carbocycles. The molecule has 22 heavy (non-hydrogen) atoms. The third kappa shape index (κ3) is 3.23. The summed E-state index contributed by atoms with van der Waals surface area (Å²) in [6, 6.07) is 1.84. The fourth-order valence-corrected chi connectivity index (χ4v) is 2.64. The molecule has 1 saturated heterocycles. The smallest absolute Gasteiger partial charge is 0.218 e. The maximum absolute atomic E-state index is 13.7. The molecule has 0 aliphatic carbocycles. The van der Waals surface area contributed by atoms with Gasteiger partial charge in [0.05, 0.1) is 18.6 Å². The predicted octanol–water partition coefficient (Wildman–Crippen LogP) is 2.54. The Kier molecular flexibility index (Phi) is 4.59. The van der Waals surface area contributed by atoms with Crippen LogP contribution in [0.4, 0.5) is 4.39 Å². The number of pyridine rings is 1. The summed E-state index contributed by atoms with van der Waals surface area (Å²) >= 11 is 0. The molecule has 3 heterocycles. The summed E-state index contributed by atoms with van der Waals surface area (Å²) in [5.74, 6) is 0.548. The van der Waals surface area contributed by atoms with E-state index >= 15 is 0 Å². The predicted molar refractivity (Wildman–Crippen MR) is 82.9 cm³/mol.